The molecule has 4 heavy (non-hydrogen) atoms. The normalized spacial score (nSPS) is 10.5. The minimum absolute atomic E-state index is 0.974. The first-order valence-corrected chi connectivity index (χ1v) is 5.05. The Labute approximate surface area is 38.7 Å². The molecule has 0 aliphatic heterocycles. The molecular formula is CH5BrP2. The summed E-state index contributed by atoms with van der Waals surface area (Å²) in [5, 5.41) is 1.12. The highest BCUT2D eigenvalue weighted by Crippen LogP contribution is 2.21. The number of hydrogen-bond donors (Lipinski definition) is 0. The SMILES string of the molecule is PPCBr. The molecule has 0 aliphatic carbocycles. The second kappa shape index (κ2) is 4.34. The van der Waals surface area contributed by atoms with Crippen molar-refractivity contribution in [2.45, 2.75) is 0 Å². The molecule has 0 aliphatic rings. The summed E-state index contributed by atoms with van der Waals surface area (Å²) in [6, 6.07) is 0. The Kier molecular flexibility index (Phi) is 5.79. The molecule has 0 spiro atoms. The first-order chi connectivity index (χ1) is 1.91. The maximum Gasteiger partial charge on any atom is 0.0241 e. The summed E-state index contributed by atoms with van der Waals surface area (Å²) in [7, 11) is 3.61. The number of alkyl halides is 1. The van der Waals surface area contributed by atoms with Crippen LogP contribution >= 0.6 is 33.1 Å². The van der Waals surface area contributed by atoms with Crippen LogP contribution < -0.4 is 0 Å². The van der Waals surface area contributed by atoms with Gasteiger partial charge in [0.25, 0.3) is 0 Å². The smallest absolute Gasteiger partial charge is 0.0241 e. The zero-order chi connectivity index (χ0) is 3.41. The highest BCUT2D eigenvalue weighted by Gasteiger charge is 1.57. The molecule has 0 N–H and O–H groups in total. The lowest BCUT2D eigenvalue weighted by Crippen LogP contribution is -1.27. The van der Waals surface area contributed by atoms with Crippen molar-refractivity contribution in [3.8, 4) is 0 Å². The van der Waals surface area contributed by atoms with Crippen LogP contribution in [0.2, 0.25) is 0 Å². The van der Waals surface area contributed by atoms with E-state index in [1.807, 2.05) is 0 Å². The van der Waals surface area contributed by atoms with Crippen molar-refractivity contribution in [2.75, 3.05) is 5.07 Å². The quantitative estimate of drug-likeness (QED) is 0.404. The van der Waals surface area contributed by atoms with Crippen LogP contribution in [0.3, 0.4) is 0 Å². The molecule has 0 amide bonds. The van der Waals surface area contributed by atoms with Gasteiger partial charge >= 0.3 is 0 Å². The lowest BCUT2D eigenvalue weighted by Gasteiger charge is -1.67. The first kappa shape index (κ1) is 5.34. The van der Waals surface area contributed by atoms with E-state index in [1.54, 1.807) is 0 Å². The summed E-state index contributed by atoms with van der Waals surface area (Å²) in [5.41, 5.74) is 0. The second-order valence-electron chi connectivity index (χ2n) is 0.338. The molecule has 0 aromatic rings. The third-order valence-electron chi connectivity index (χ3n) is 0.0772. The molecule has 0 saturated carbocycles. The van der Waals surface area contributed by atoms with E-state index >= 15 is 0 Å². The highest BCUT2D eigenvalue weighted by atomic mass is 79.9. The summed E-state index contributed by atoms with van der Waals surface area (Å²) in [6.45, 7) is 0. The van der Waals surface area contributed by atoms with Crippen molar-refractivity contribution in [1.29, 1.82) is 0 Å². The van der Waals surface area contributed by atoms with Gasteiger partial charge in [-0.05, 0) is 0 Å². The largest absolute Gasteiger partial charge is 0.114 e. The summed E-state index contributed by atoms with van der Waals surface area (Å²) in [5.74, 6) is 0. The van der Waals surface area contributed by atoms with Crippen LogP contribution in [0.25, 0.3) is 0 Å². The maximum atomic E-state index is 3.24. The van der Waals surface area contributed by atoms with Crippen LogP contribution in [0.4, 0.5) is 0 Å². The molecular weight excluding hydrogens is 154 g/mol. The van der Waals surface area contributed by atoms with E-state index in [0.29, 0.717) is 0 Å². The molecule has 0 rings (SSSR count). The average Bonchev–Trinajstić information content (AvgIpc) is 1.37. The number of hydrogen-bond acceptors (Lipinski definition) is 0. The predicted molar refractivity (Wildman–Crippen MR) is 31.8 cm³/mol. The number of halogens is 1. The van der Waals surface area contributed by atoms with E-state index in [1.165, 1.54) is 0 Å². The van der Waals surface area contributed by atoms with Crippen molar-refractivity contribution in [3.05, 3.63) is 0 Å². The van der Waals surface area contributed by atoms with E-state index in [0.717, 1.165) is 13.3 Å². The minimum atomic E-state index is 0.974. The average molecular weight is 159 g/mol. The van der Waals surface area contributed by atoms with Crippen LogP contribution in [0.5, 0.6) is 0 Å². The summed E-state index contributed by atoms with van der Waals surface area (Å²) >= 11 is 3.24. The molecule has 3 heteroatoms. The van der Waals surface area contributed by atoms with Crippen molar-refractivity contribution in [1.82, 2.24) is 0 Å². The van der Waals surface area contributed by atoms with Crippen molar-refractivity contribution in [2.24, 2.45) is 0 Å². The molecule has 0 radical (unpaired) electrons. The van der Waals surface area contributed by atoms with Crippen LogP contribution in [0, 0.1) is 0 Å². The number of rotatable bonds is 1. The van der Waals surface area contributed by atoms with Gasteiger partial charge in [-0.2, -0.15) is 0 Å². The van der Waals surface area contributed by atoms with Crippen molar-refractivity contribution >= 4 is 33.1 Å². The van der Waals surface area contributed by atoms with Gasteiger partial charge in [0, 0.05) is 5.07 Å². The molecule has 0 fully saturated rings. The molecule has 0 bridgehead atoms. The van der Waals surface area contributed by atoms with E-state index < -0.39 is 0 Å². The van der Waals surface area contributed by atoms with Gasteiger partial charge in [-0.15, -0.1) is 8.93 Å². The third kappa shape index (κ3) is 3.34. The first-order valence-electron chi connectivity index (χ1n) is 0.909. The third-order valence-corrected chi connectivity index (χ3v) is 3.61. The van der Waals surface area contributed by atoms with E-state index in [9.17, 15) is 0 Å². The monoisotopic (exact) mass is 158 g/mol. The topological polar surface area (TPSA) is 0 Å². The van der Waals surface area contributed by atoms with Gasteiger partial charge in [-0.1, -0.05) is 24.2 Å². The van der Waals surface area contributed by atoms with Crippen LogP contribution in [-0.4, -0.2) is 5.07 Å². The Bertz CT molecular complexity index is 8.00. The Hall–Kier alpha value is 1.34. The molecule has 0 saturated heterocycles. The summed E-state index contributed by atoms with van der Waals surface area (Å²) in [4.78, 5) is 0. The molecule has 26 valence electrons. The van der Waals surface area contributed by atoms with Gasteiger partial charge in [0.15, 0.2) is 0 Å². The summed E-state index contributed by atoms with van der Waals surface area (Å²) in [6.07, 6.45) is 0. The maximum absolute atomic E-state index is 3.24. The van der Waals surface area contributed by atoms with E-state index in [4.69, 9.17) is 0 Å². The fraction of sp³-hybridized carbons (Fsp3) is 1.00. The van der Waals surface area contributed by atoms with E-state index in [-0.39, 0.29) is 0 Å². The van der Waals surface area contributed by atoms with Crippen molar-refractivity contribution < 1.29 is 0 Å². The lowest BCUT2D eigenvalue weighted by molar-refractivity contribution is 2.37. The Morgan fingerprint density at radius 1 is 2.00 bits per heavy atom. The van der Waals surface area contributed by atoms with Gasteiger partial charge in [-0.25, -0.2) is 0 Å². The molecule has 0 aromatic heterocycles. The Morgan fingerprint density at radius 3 is 2.25 bits per heavy atom. The molecule has 0 nitrogen and oxygen atoms in total. The summed E-state index contributed by atoms with van der Waals surface area (Å²) < 4.78 is 0. The molecule has 0 aromatic carbocycles. The zero-order valence-corrected chi connectivity index (χ0v) is 5.90. The highest BCUT2D eigenvalue weighted by molar-refractivity contribution is 9.10. The lowest BCUT2D eigenvalue weighted by atomic mass is 11.9. The van der Waals surface area contributed by atoms with Gasteiger partial charge in [-0.3, -0.25) is 0 Å². The Morgan fingerprint density at radius 2 is 2.25 bits per heavy atom. The molecule has 2 unspecified atom stereocenters. The van der Waals surface area contributed by atoms with Gasteiger partial charge in [0.2, 0.25) is 0 Å². The van der Waals surface area contributed by atoms with Crippen molar-refractivity contribution in [3.63, 3.8) is 0 Å². The second-order valence-corrected chi connectivity index (χ2v) is 3.92. The van der Waals surface area contributed by atoms with E-state index in [2.05, 4.69) is 24.9 Å². The fourth-order valence-electron chi connectivity index (χ4n) is 0. The molecule has 0 heterocycles. The zero-order valence-electron chi connectivity index (χ0n) is 2.16. The van der Waals surface area contributed by atoms with Crippen LogP contribution in [-0.2, 0) is 0 Å². The van der Waals surface area contributed by atoms with Gasteiger partial charge in [0.05, 0.1) is 0 Å². The van der Waals surface area contributed by atoms with Crippen LogP contribution in [0.1, 0.15) is 0 Å². The fourth-order valence-corrected chi connectivity index (χ4v) is 0. The Balaban J connectivity index is 1.97. The predicted octanol–water partition coefficient (Wildman–Crippen LogP) is 1.81. The molecule has 2 atom stereocenters. The standard InChI is InChI=1S/CH5BrP2/c2-1-4-3/h4H,1,3H2. The minimum Gasteiger partial charge on any atom is -0.114 e. The van der Waals surface area contributed by atoms with Gasteiger partial charge < -0.3 is 0 Å². The van der Waals surface area contributed by atoms with Gasteiger partial charge in [0.1, 0.15) is 0 Å². The van der Waals surface area contributed by atoms with Crippen LogP contribution in [0.15, 0.2) is 0 Å².